The molecular formula is C12H15N5O2S2. The molecule has 7 nitrogen and oxygen atoms in total. The average molecular weight is 325 g/mol. The third kappa shape index (κ3) is 4.57. The van der Waals surface area contributed by atoms with Gasteiger partial charge >= 0.3 is 0 Å². The fourth-order valence-electron chi connectivity index (χ4n) is 1.54. The van der Waals surface area contributed by atoms with Crippen LogP contribution in [-0.2, 0) is 9.59 Å². The van der Waals surface area contributed by atoms with Gasteiger partial charge in [0.15, 0.2) is 5.16 Å². The zero-order valence-corrected chi connectivity index (χ0v) is 13.0. The van der Waals surface area contributed by atoms with Gasteiger partial charge in [0.2, 0.25) is 11.8 Å². The SMILES string of the molecule is CC(=O)NCCNC(=O)CSc1nc(N)c2ccsc2n1. The molecule has 0 spiro atoms. The van der Waals surface area contributed by atoms with E-state index in [1.165, 1.54) is 30.0 Å². The van der Waals surface area contributed by atoms with Gasteiger partial charge in [-0.2, -0.15) is 0 Å². The van der Waals surface area contributed by atoms with E-state index in [-0.39, 0.29) is 17.6 Å². The fraction of sp³-hybridized carbons (Fsp3) is 0.333. The number of nitrogens with two attached hydrogens (primary N) is 1. The van der Waals surface area contributed by atoms with Crippen molar-refractivity contribution >= 4 is 50.9 Å². The number of carbonyl (C=O) groups is 2. The van der Waals surface area contributed by atoms with Crippen molar-refractivity contribution in [3.05, 3.63) is 11.4 Å². The van der Waals surface area contributed by atoms with Crippen LogP contribution in [0.1, 0.15) is 6.92 Å². The Bertz CT molecular complexity index is 658. The Morgan fingerprint density at radius 1 is 1.33 bits per heavy atom. The summed E-state index contributed by atoms with van der Waals surface area (Å²) in [6.07, 6.45) is 0. The van der Waals surface area contributed by atoms with Crippen LogP contribution in [0.4, 0.5) is 5.82 Å². The largest absolute Gasteiger partial charge is 0.383 e. The maximum atomic E-state index is 11.6. The Kier molecular flexibility index (Phi) is 5.34. The molecule has 0 saturated heterocycles. The summed E-state index contributed by atoms with van der Waals surface area (Å²) in [6.45, 7) is 2.24. The van der Waals surface area contributed by atoms with Crippen LogP contribution in [0.3, 0.4) is 0 Å². The second kappa shape index (κ2) is 7.23. The molecule has 2 amide bonds. The van der Waals surface area contributed by atoms with E-state index in [1.54, 1.807) is 0 Å². The van der Waals surface area contributed by atoms with Gasteiger partial charge in [-0.05, 0) is 11.4 Å². The first-order valence-corrected chi connectivity index (χ1v) is 8.07. The molecule has 0 fully saturated rings. The molecule has 0 aliphatic rings. The van der Waals surface area contributed by atoms with Crippen molar-refractivity contribution in [1.29, 1.82) is 0 Å². The molecule has 2 rings (SSSR count). The molecule has 0 aromatic carbocycles. The molecule has 2 aromatic heterocycles. The monoisotopic (exact) mass is 325 g/mol. The molecule has 2 aromatic rings. The minimum absolute atomic E-state index is 0.119. The van der Waals surface area contributed by atoms with Gasteiger partial charge in [0.05, 0.1) is 11.1 Å². The Hall–Kier alpha value is -1.87. The van der Waals surface area contributed by atoms with Crippen molar-refractivity contribution in [3.8, 4) is 0 Å². The van der Waals surface area contributed by atoms with Crippen molar-refractivity contribution in [2.75, 3.05) is 24.6 Å². The van der Waals surface area contributed by atoms with Crippen LogP contribution in [0.5, 0.6) is 0 Å². The third-order valence-electron chi connectivity index (χ3n) is 2.49. The first kappa shape index (κ1) is 15.5. The van der Waals surface area contributed by atoms with Crippen molar-refractivity contribution in [2.24, 2.45) is 0 Å². The van der Waals surface area contributed by atoms with Gasteiger partial charge in [-0.15, -0.1) is 11.3 Å². The number of thiophene rings is 1. The number of anilines is 1. The summed E-state index contributed by atoms with van der Waals surface area (Å²) in [6, 6.07) is 1.87. The van der Waals surface area contributed by atoms with Crippen LogP contribution in [0, 0.1) is 0 Å². The van der Waals surface area contributed by atoms with Crippen molar-refractivity contribution in [2.45, 2.75) is 12.1 Å². The molecule has 0 radical (unpaired) electrons. The first-order valence-electron chi connectivity index (χ1n) is 6.21. The Labute approximate surface area is 129 Å². The van der Waals surface area contributed by atoms with Crippen LogP contribution < -0.4 is 16.4 Å². The minimum Gasteiger partial charge on any atom is -0.383 e. The summed E-state index contributed by atoms with van der Waals surface area (Å²) in [5.41, 5.74) is 5.84. The van der Waals surface area contributed by atoms with E-state index in [0.717, 1.165) is 10.2 Å². The average Bonchev–Trinajstić information content (AvgIpc) is 2.90. The fourth-order valence-corrected chi connectivity index (χ4v) is 3.05. The number of amides is 2. The van der Waals surface area contributed by atoms with Crippen LogP contribution in [0.15, 0.2) is 16.6 Å². The highest BCUT2D eigenvalue weighted by Gasteiger charge is 2.09. The lowest BCUT2D eigenvalue weighted by atomic mass is 10.4. The standard InChI is InChI=1S/C12H15N5O2S2/c1-7(18)14-3-4-15-9(19)6-21-12-16-10(13)8-2-5-20-11(8)17-12/h2,5H,3-4,6H2,1H3,(H,14,18)(H,15,19)(H2,13,16,17). The summed E-state index contributed by atoms with van der Waals surface area (Å²) in [5.74, 6) is 0.372. The highest BCUT2D eigenvalue weighted by atomic mass is 32.2. The van der Waals surface area contributed by atoms with Gasteiger partial charge in [0.1, 0.15) is 10.6 Å². The maximum Gasteiger partial charge on any atom is 0.230 e. The zero-order chi connectivity index (χ0) is 15.2. The molecule has 9 heteroatoms. The Morgan fingerprint density at radius 2 is 2.10 bits per heavy atom. The van der Waals surface area contributed by atoms with Gasteiger partial charge < -0.3 is 16.4 Å². The summed E-state index contributed by atoms with van der Waals surface area (Å²) in [5, 5.41) is 8.52. The highest BCUT2D eigenvalue weighted by Crippen LogP contribution is 2.25. The lowest BCUT2D eigenvalue weighted by Gasteiger charge is -2.05. The predicted molar refractivity (Wildman–Crippen MR) is 84.2 cm³/mol. The van der Waals surface area contributed by atoms with E-state index in [9.17, 15) is 9.59 Å². The molecule has 4 N–H and O–H groups in total. The second-order valence-corrected chi connectivity index (χ2v) is 5.99. The number of nitrogens with zero attached hydrogens (tertiary/aromatic N) is 2. The number of aromatic nitrogens is 2. The van der Waals surface area contributed by atoms with Crippen molar-refractivity contribution in [1.82, 2.24) is 20.6 Å². The first-order chi connectivity index (χ1) is 10.1. The van der Waals surface area contributed by atoms with Crippen molar-refractivity contribution < 1.29 is 9.59 Å². The number of rotatable bonds is 6. The van der Waals surface area contributed by atoms with E-state index in [4.69, 9.17) is 5.73 Å². The lowest BCUT2D eigenvalue weighted by Crippen LogP contribution is -2.34. The normalized spacial score (nSPS) is 10.5. The van der Waals surface area contributed by atoms with E-state index < -0.39 is 0 Å². The van der Waals surface area contributed by atoms with Crippen LogP contribution in [-0.4, -0.2) is 40.6 Å². The number of hydrogen-bond donors (Lipinski definition) is 3. The van der Waals surface area contributed by atoms with Gasteiger partial charge in [-0.25, -0.2) is 9.97 Å². The molecule has 0 saturated carbocycles. The van der Waals surface area contributed by atoms with E-state index >= 15 is 0 Å². The Morgan fingerprint density at radius 3 is 2.86 bits per heavy atom. The summed E-state index contributed by atoms with van der Waals surface area (Å²) < 4.78 is 0. The molecule has 0 aliphatic heterocycles. The summed E-state index contributed by atoms with van der Waals surface area (Å²) in [7, 11) is 0. The smallest absolute Gasteiger partial charge is 0.230 e. The van der Waals surface area contributed by atoms with E-state index in [2.05, 4.69) is 20.6 Å². The molecule has 0 atom stereocenters. The number of fused-ring (bicyclic) bond motifs is 1. The van der Waals surface area contributed by atoms with Crippen LogP contribution >= 0.6 is 23.1 Å². The maximum absolute atomic E-state index is 11.6. The quantitative estimate of drug-likeness (QED) is 0.408. The lowest BCUT2D eigenvalue weighted by molar-refractivity contribution is -0.120. The predicted octanol–water partition coefficient (Wildman–Crippen LogP) is 0.618. The minimum atomic E-state index is -0.140. The van der Waals surface area contributed by atoms with Crippen LogP contribution in [0.2, 0.25) is 0 Å². The molecule has 112 valence electrons. The summed E-state index contributed by atoms with van der Waals surface area (Å²) in [4.78, 5) is 31.6. The number of thioether (sulfide) groups is 1. The molecule has 0 unspecified atom stereocenters. The molecule has 2 heterocycles. The zero-order valence-electron chi connectivity index (χ0n) is 11.4. The molecule has 0 aliphatic carbocycles. The Balaban J connectivity index is 1.81. The van der Waals surface area contributed by atoms with Crippen LogP contribution in [0.25, 0.3) is 10.2 Å². The highest BCUT2D eigenvalue weighted by molar-refractivity contribution is 7.99. The molecular weight excluding hydrogens is 310 g/mol. The number of nitrogen functional groups attached to an aromatic ring is 1. The topological polar surface area (TPSA) is 110 Å². The molecule has 0 bridgehead atoms. The van der Waals surface area contributed by atoms with Gasteiger partial charge in [0, 0.05) is 20.0 Å². The number of nitrogens with one attached hydrogen (secondary N) is 2. The van der Waals surface area contributed by atoms with Gasteiger partial charge in [0.25, 0.3) is 0 Å². The number of carbonyl (C=O) groups excluding carboxylic acids is 2. The van der Waals surface area contributed by atoms with Gasteiger partial charge in [-0.3, -0.25) is 9.59 Å². The van der Waals surface area contributed by atoms with E-state index in [0.29, 0.717) is 24.1 Å². The molecule has 21 heavy (non-hydrogen) atoms. The van der Waals surface area contributed by atoms with E-state index in [1.807, 2.05) is 11.4 Å². The van der Waals surface area contributed by atoms with Crippen molar-refractivity contribution in [3.63, 3.8) is 0 Å². The second-order valence-electron chi connectivity index (χ2n) is 4.15. The number of hydrogen-bond acceptors (Lipinski definition) is 7. The third-order valence-corrected chi connectivity index (χ3v) is 4.14. The van der Waals surface area contributed by atoms with Gasteiger partial charge in [-0.1, -0.05) is 11.8 Å². The summed E-state index contributed by atoms with van der Waals surface area (Å²) >= 11 is 2.71.